The second kappa shape index (κ2) is 8.65. The molecule has 0 bridgehead atoms. The Hall–Kier alpha value is -2.21. The second-order valence-corrected chi connectivity index (χ2v) is 8.12. The zero-order chi connectivity index (χ0) is 19.4. The van der Waals surface area contributed by atoms with Crippen molar-refractivity contribution in [1.82, 2.24) is 9.80 Å². The maximum atomic E-state index is 12.8. The predicted molar refractivity (Wildman–Crippen MR) is 108 cm³/mol. The number of hydrogen-bond acceptors (Lipinski definition) is 4. The highest BCUT2D eigenvalue weighted by Crippen LogP contribution is 2.45. The number of aryl methyl sites for hydroxylation is 1. The molecule has 1 saturated heterocycles. The van der Waals surface area contributed by atoms with Gasteiger partial charge in [-0.1, -0.05) is 31.2 Å². The van der Waals surface area contributed by atoms with Gasteiger partial charge in [0, 0.05) is 20.1 Å². The molecule has 5 nitrogen and oxygen atoms in total. The van der Waals surface area contributed by atoms with Crippen LogP contribution < -0.4 is 0 Å². The van der Waals surface area contributed by atoms with Gasteiger partial charge in [-0.3, -0.25) is 9.59 Å². The van der Waals surface area contributed by atoms with Crippen molar-refractivity contribution in [2.45, 2.75) is 37.3 Å². The molecule has 1 aliphatic heterocycles. The van der Waals surface area contributed by atoms with E-state index in [1.165, 1.54) is 17.4 Å². The van der Waals surface area contributed by atoms with E-state index in [9.17, 15) is 9.59 Å². The Morgan fingerprint density at radius 2 is 2.04 bits per heavy atom. The Bertz CT molecular complexity index is 790. The highest BCUT2D eigenvalue weighted by atomic mass is 32.2. The van der Waals surface area contributed by atoms with Gasteiger partial charge in [0.15, 0.2) is 5.76 Å². The summed E-state index contributed by atoms with van der Waals surface area (Å²) in [5, 5.41) is 0.0619. The van der Waals surface area contributed by atoms with Crippen LogP contribution in [0.5, 0.6) is 0 Å². The highest BCUT2D eigenvalue weighted by molar-refractivity contribution is 8.01. The van der Waals surface area contributed by atoms with E-state index in [1.54, 1.807) is 35.8 Å². The van der Waals surface area contributed by atoms with E-state index in [0.29, 0.717) is 18.8 Å². The summed E-state index contributed by atoms with van der Waals surface area (Å²) in [6, 6.07) is 11.6. The number of thioether (sulfide) groups is 1. The van der Waals surface area contributed by atoms with Gasteiger partial charge >= 0.3 is 0 Å². The quantitative estimate of drug-likeness (QED) is 0.719. The molecule has 0 saturated carbocycles. The first-order valence-electron chi connectivity index (χ1n) is 9.33. The van der Waals surface area contributed by atoms with Gasteiger partial charge in [0.25, 0.3) is 5.91 Å². The van der Waals surface area contributed by atoms with Crippen LogP contribution in [0.25, 0.3) is 0 Å². The molecule has 1 aromatic carbocycles. The lowest BCUT2D eigenvalue weighted by Crippen LogP contribution is -2.35. The molecule has 1 aliphatic rings. The van der Waals surface area contributed by atoms with Crippen LogP contribution in [0.4, 0.5) is 0 Å². The summed E-state index contributed by atoms with van der Waals surface area (Å²) in [4.78, 5) is 28.7. The van der Waals surface area contributed by atoms with E-state index >= 15 is 0 Å². The summed E-state index contributed by atoms with van der Waals surface area (Å²) >= 11 is 1.74. The molecule has 2 aromatic rings. The minimum atomic E-state index is -0.135. The van der Waals surface area contributed by atoms with Crippen LogP contribution in [0.3, 0.4) is 0 Å². The van der Waals surface area contributed by atoms with Gasteiger partial charge in [0.1, 0.15) is 5.37 Å². The highest BCUT2D eigenvalue weighted by Gasteiger charge is 2.40. The molecular weight excluding hydrogens is 360 g/mol. The molecule has 144 valence electrons. The van der Waals surface area contributed by atoms with Gasteiger partial charge < -0.3 is 14.2 Å². The number of hydrogen-bond donors (Lipinski definition) is 0. The monoisotopic (exact) mass is 386 g/mol. The van der Waals surface area contributed by atoms with Gasteiger partial charge in [0.2, 0.25) is 5.91 Å². The van der Waals surface area contributed by atoms with Crippen molar-refractivity contribution in [3.8, 4) is 0 Å². The van der Waals surface area contributed by atoms with Gasteiger partial charge in [-0.2, -0.15) is 0 Å². The normalized spacial score (nSPS) is 19.5. The molecule has 2 heterocycles. The summed E-state index contributed by atoms with van der Waals surface area (Å²) in [6.07, 6.45) is 3.06. The van der Waals surface area contributed by atoms with Crippen LogP contribution in [-0.2, 0) is 4.79 Å². The van der Waals surface area contributed by atoms with Crippen molar-refractivity contribution in [2.24, 2.45) is 0 Å². The lowest BCUT2D eigenvalue weighted by molar-refractivity contribution is -0.130. The van der Waals surface area contributed by atoms with Crippen LogP contribution in [0.15, 0.2) is 47.1 Å². The first kappa shape index (κ1) is 19.5. The van der Waals surface area contributed by atoms with Crippen molar-refractivity contribution in [3.05, 3.63) is 59.5 Å². The molecule has 0 N–H and O–H groups in total. The average molecular weight is 387 g/mol. The molecular formula is C21H26N2O3S. The Labute approximate surface area is 164 Å². The molecule has 6 heteroatoms. The first-order chi connectivity index (χ1) is 13.0. The summed E-state index contributed by atoms with van der Waals surface area (Å²) in [5.41, 5.74) is 2.40. The van der Waals surface area contributed by atoms with Gasteiger partial charge in [0.05, 0.1) is 11.5 Å². The zero-order valence-electron chi connectivity index (χ0n) is 16.1. The van der Waals surface area contributed by atoms with Crippen LogP contribution in [0.2, 0.25) is 0 Å². The minimum Gasteiger partial charge on any atom is -0.459 e. The van der Waals surface area contributed by atoms with Crippen molar-refractivity contribution in [3.63, 3.8) is 0 Å². The maximum absolute atomic E-state index is 12.8. The van der Waals surface area contributed by atoms with Crippen molar-refractivity contribution in [2.75, 3.05) is 20.1 Å². The van der Waals surface area contributed by atoms with Gasteiger partial charge in [-0.25, -0.2) is 0 Å². The molecule has 3 rings (SSSR count). The van der Waals surface area contributed by atoms with E-state index in [0.717, 1.165) is 12.8 Å². The molecule has 0 aliphatic carbocycles. The predicted octanol–water partition coefficient (Wildman–Crippen LogP) is 4.10. The second-order valence-electron chi connectivity index (χ2n) is 6.83. The molecule has 27 heavy (non-hydrogen) atoms. The van der Waals surface area contributed by atoms with Crippen LogP contribution in [-0.4, -0.2) is 47.0 Å². The maximum Gasteiger partial charge on any atom is 0.289 e. The number of carbonyl (C=O) groups is 2. The zero-order valence-corrected chi connectivity index (χ0v) is 16.9. The average Bonchev–Trinajstić information content (AvgIpc) is 3.30. The molecule has 2 unspecified atom stereocenters. The molecule has 1 fully saturated rings. The SMILES string of the molecule is CCC1SC(c2ccccc2C)N(CCCN(C)C(=O)c2ccco2)C1=O. The largest absolute Gasteiger partial charge is 0.459 e. The Morgan fingerprint density at radius 1 is 1.26 bits per heavy atom. The molecule has 0 spiro atoms. The number of nitrogens with zero attached hydrogens (tertiary/aromatic N) is 2. The lowest BCUT2D eigenvalue weighted by atomic mass is 10.1. The smallest absolute Gasteiger partial charge is 0.289 e. The van der Waals surface area contributed by atoms with E-state index in [4.69, 9.17) is 4.42 Å². The summed E-state index contributed by atoms with van der Waals surface area (Å²) < 4.78 is 5.17. The van der Waals surface area contributed by atoms with Crippen molar-refractivity contribution in [1.29, 1.82) is 0 Å². The third-order valence-corrected chi connectivity index (χ3v) is 6.56. The summed E-state index contributed by atoms with van der Waals surface area (Å²) in [5.74, 6) is 0.411. The van der Waals surface area contributed by atoms with E-state index in [2.05, 4.69) is 26.0 Å². The van der Waals surface area contributed by atoms with Crippen molar-refractivity contribution >= 4 is 23.6 Å². The lowest BCUT2D eigenvalue weighted by Gasteiger charge is -2.26. The third-order valence-electron chi connectivity index (χ3n) is 4.93. The Kier molecular flexibility index (Phi) is 6.26. The van der Waals surface area contributed by atoms with Crippen LogP contribution >= 0.6 is 11.8 Å². The van der Waals surface area contributed by atoms with Crippen LogP contribution in [0, 0.1) is 6.92 Å². The fourth-order valence-electron chi connectivity index (χ4n) is 3.36. The fraction of sp³-hybridized carbons (Fsp3) is 0.429. The van der Waals surface area contributed by atoms with E-state index in [1.807, 2.05) is 17.0 Å². The van der Waals surface area contributed by atoms with Crippen LogP contribution in [0.1, 0.15) is 46.8 Å². The molecule has 2 atom stereocenters. The standard InChI is InChI=1S/C21H26N2O3S/c1-4-18-20(25)23(21(27-18)16-10-6-5-9-15(16)2)13-8-12-22(3)19(24)17-11-7-14-26-17/h5-7,9-11,14,18,21H,4,8,12-13H2,1-3H3. The topological polar surface area (TPSA) is 53.8 Å². The number of rotatable bonds is 7. The number of furan rings is 1. The number of benzene rings is 1. The number of amides is 2. The Balaban J connectivity index is 1.65. The third kappa shape index (κ3) is 4.21. The number of carbonyl (C=O) groups excluding carboxylic acids is 2. The first-order valence-corrected chi connectivity index (χ1v) is 10.3. The van der Waals surface area contributed by atoms with Crippen molar-refractivity contribution < 1.29 is 14.0 Å². The summed E-state index contributed by atoms with van der Waals surface area (Å²) in [6.45, 7) is 5.36. The van der Waals surface area contributed by atoms with E-state index in [-0.39, 0.29) is 22.4 Å². The van der Waals surface area contributed by atoms with E-state index < -0.39 is 0 Å². The van der Waals surface area contributed by atoms with Gasteiger partial charge in [-0.15, -0.1) is 11.8 Å². The Morgan fingerprint density at radius 3 is 2.70 bits per heavy atom. The minimum absolute atomic E-state index is 0.0112. The molecule has 0 radical (unpaired) electrons. The molecule has 2 amide bonds. The van der Waals surface area contributed by atoms with Gasteiger partial charge in [-0.05, 0) is 43.0 Å². The fourth-order valence-corrected chi connectivity index (χ4v) is 4.88. The molecule has 1 aromatic heterocycles. The summed E-state index contributed by atoms with van der Waals surface area (Å²) in [7, 11) is 1.76.